The maximum absolute atomic E-state index is 13.7. The van der Waals surface area contributed by atoms with Crippen molar-refractivity contribution in [2.24, 2.45) is 0 Å². The Morgan fingerprint density at radius 3 is 2.58 bits per heavy atom. The summed E-state index contributed by atoms with van der Waals surface area (Å²) in [4.78, 5) is 22.3. The third-order valence-corrected chi connectivity index (χ3v) is 3.74. The van der Waals surface area contributed by atoms with Crippen LogP contribution in [0.1, 0.15) is 28.9 Å². The Kier molecular flexibility index (Phi) is 5.35. The van der Waals surface area contributed by atoms with Crippen LogP contribution in [0.3, 0.4) is 0 Å². The molecular formula is C16H14ClFN2O4. The predicted molar refractivity (Wildman–Crippen MR) is 86.9 cm³/mol. The molecule has 2 aromatic carbocycles. The average molecular weight is 353 g/mol. The molecule has 0 spiro atoms. The van der Waals surface area contributed by atoms with Gasteiger partial charge in [-0.1, -0.05) is 17.7 Å². The Hall–Kier alpha value is -2.67. The molecule has 24 heavy (non-hydrogen) atoms. The van der Waals surface area contributed by atoms with Crippen molar-refractivity contribution in [3.05, 3.63) is 68.5 Å². The lowest BCUT2D eigenvalue weighted by molar-refractivity contribution is -0.384. The number of carbonyl (C=O) groups excluding carboxylic acids is 1. The van der Waals surface area contributed by atoms with E-state index in [-0.39, 0.29) is 22.0 Å². The molecule has 0 aliphatic carbocycles. The molecule has 0 heterocycles. The molecule has 0 fully saturated rings. The number of hydrogen-bond acceptors (Lipinski definition) is 4. The maximum atomic E-state index is 13.7. The van der Waals surface area contributed by atoms with Crippen LogP contribution >= 0.6 is 11.6 Å². The summed E-state index contributed by atoms with van der Waals surface area (Å²) in [6.07, 6.45) is 0. The van der Waals surface area contributed by atoms with Crippen LogP contribution in [-0.2, 0) is 0 Å². The van der Waals surface area contributed by atoms with E-state index in [1.54, 1.807) is 13.0 Å². The fourth-order valence-corrected chi connectivity index (χ4v) is 2.37. The van der Waals surface area contributed by atoms with E-state index >= 15 is 0 Å². The normalized spacial score (nSPS) is 11.7. The Bertz CT molecular complexity index is 798. The van der Waals surface area contributed by atoms with E-state index in [0.717, 1.165) is 6.07 Å². The minimum absolute atomic E-state index is 0.0326. The fraction of sp³-hybridized carbons (Fsp3) is 0.188. The first-order valence-electron chi connectivity index (χ1n) is 6.91. The molecule has 0 saturated carbocycles. The second-order valence-electron chi connectivity index (χ2n) is 5.01. The molecule has 0 bridgehead atoms. The molecule has 1 N–H and O–H groups in total. The summed E-state index contributed by atoms with van der Waals surface area (Å²) in [6.45, 7) is 1.68. The number of carbonyl (C=O) groups is 1. The Labute approximate surface area is 142 Å². The number of nitrogens with zero attached hydrogens (tertiary/aromatic N) is 1. The van der Waals surface area contributed by atoms with Crippen LogP contribution in [0, 0.1) is 15.9 Å². The first-order chi connectivity index (χ1) is 11.3. The SMILES string of the molecule is COc1ccc([C@@H](C)NC(=O)c2ccc([N+](=O)[O-])cc2Cl)cc1F. The molecule has 126 valence electrons. The second kappa shape index (κ2) is 7.27. The van der Waals surface area contributed by atoms with Crippen molar-refractivity contribution in [1.82, 2.24) is 5.32 Å². The summed E-state index contributed by atoms with van der Waals surface area (Å²) in [6, 6.07) is 7.44. The van der Waals surface area contributed by atoms with Gasteiger partial charge in [0.25, 0.3) is 11.6 Å². The molecule has 1 atom stereocenters. The van der Waals surface area contributed by atoms with Crippen molar-refractivity contribution in [3.8, 4) is 5.75 Å². The lowest BCUT2D eigenvalue weighted by Gasteiger charge is -2.15. The summed E-state index contributed by atoms with van der Waals surface area (Å²) >= 11 is 5.92. The van der Waals surface area contributed by atoms with E-state index < -0.39 is 22.7 Å². The van der Waals surface area contributed by atoms with Gasteiger partial charge in [-0.3, -0.25) is 14.9 Å². The van der Waals surface area contributed by atoms with E-state index in [1.165, 1.54) is 31.4 Å². The highest BCUT2D eigenvalue weighted by atomic mass is 35.5. The van der Waals surface area contributed by atoms with Gasteiger partial charge in [0, 0.05) is 12.1 Å². The molecule has 2 aromatic rings. The minimum Gasteiger partial charge on any atom is -0.494 e. The fourth-order valence-electron chi connectivity index (χ4n) is 2.11. The lowest BCUT2D eigenvalue weighted by Crippen LogP contribution is -2.27. The molecule has 0 radical (unpaired) electrons. The largest absolute Gasteiger partial charge is 0.494 e. The molecule has 1 amide bonds. The quantitative estimate of drug-likeness (QED) is 0.653. The Balaban J connectivity index is 2.17. The number of halogens is 2. The van der Waals surface area contributed by atoms with E-state index in [2.05, 4.69) is 5.32 Å². The monoisotopic (exact) mass is 352 g/mol. The van der Waals surface area contributed by atoms with Crippen LogP contribution in [0.15, 0.2) is 36.4 Å². The molecule has 2 rings (SSSR count). The minimum atomic E-state index is -0.601. The van der Waals surface area contributed by atoms with Crippen LogP contribution < -0.4 is 10.1 Å². The van der Waals surface area contributed by atoms with Crippen molar-refractivity contribution in [1.29, 1.82) is 0 Å². The van der Waals surface area contributed by atoms with Crippen LogP contribution in [-0.4, -0.2) is 17.9 Å². The van der Waals surface area contributed by atoms with Gasteiger partial charge in [-0.15, -0.1) is 0 Å². The number of hydrogen-bond donors (Lipinski definition) is 1. The Morgan fingerprint density at radius 1 is 1.33 bits per heavy atom. The molecule has 6 nitrogen and oxygen atoms in total. The highest BCUT2D eigenvalue weighted by Crippen LogP contribution is 2.25. The maximum Gasteiger partial charge on any atom is 0.270 e. The number of amides is 1. The van der Waals surface area contributed by atoms with Crippen molar-refractivity contribution in [2.75, 3.05) is 7.11 Å². The summed E-state index contributed by atoms with van der Waals surface area (Å²) in [7, 11) is 1.36. The molecule has 8 heteroatoms. The number of nitrogens with one attached hydrogen (secondary N) is 1. The van der Waals surface area contributed by atoms with Crippen LogP contribution in [0.25, 0.3) is 0 Å². The Morgan fingerprint density at radius 2 is 2.04 bits per heavy atom. The molecule has 0 aliphatic heterocycles. The molecule has 0 unspecified atom stereocenters. The first kappa shape index (κ1) is 17.7. The third-order valence-electron chi connectivity index (χ3n) is 3.43. The predicted octanol–water partition coefficient (Wildman–Crippen LogP) is 3.89. The summed E-state index contributed by atoms with van der Waals surface area (Å²) in [5.41, 5.74) is 0.435. The molecule has 0 saturated heterocycles. The number of non-ortho nitro benzene ring substituents is 1. The van der Waals surface area contributed by atoms with E-state index in [1.807, 2.05) is 0 Å². The van der Waals surface area contributed by atoms with Crippen molar-refractivity contribution < 1.29 is 18.8 Å². The highest BCUT2D eigenvalue weighted by Gasteiger charge is 2.18. The summed E-state index contributed by atoms with van der Waals surface area (Å²) in [5.74, 6) is -0.946. The number of rotatable bonds is 5. The second-order valence-corrected chi connectivity index (χ2v) is 5.42. The highest BCUT2D eigenvalue weighted by molar-refractivity contribution is 6.34. The van der Waals surface area contributed by atoms with Gasteiger partial charge in [0.1, 0.15) is 0 Å². The molecule has 0 aliphatic rings. The summed E-state index contributed by atoms with van der Waals surface area (Å²) in [5, 5.41) is 13.3. The zero-order valence-corrected chi connectivity index (χ0v) is 13.6. The first-order valence-corrected chi connectivity index (χ1v) is 7.29. The van der Waals surface area contributed by atoms with Gasteiger partial charge in [0.15, 0.2) is 11.6 Å². The molecule has 0 aromatic heterocycles. The summed E-state index contributed by atoms with van der Waals surface area (Å²) < 4.78 is 18.6. The van der Waals surface area contributed by atoms with Gasteiger partial charge in [0.2, 0.25) is 0 Å². The standard InChI is InChI=1S/C16H14ClFN2O4/c1-9(10-3-6-15(24-2)14(18)7-10)19-16(21)12-5-4-11(20(22)23)8-13(12)17/h3-9H,1-2H3,(H,19,21)/t9-/m1/s1. The number of nitro benzene ring substituents is 1. The van der Waals surface area contributed by atoms with Crippen molar-refractivity contribution >= 4 is 23.2 Å². The van der Waals surface area contributed by atoms with Gasteiger partial charge >= 0.3 is 0 Å². The average Bonchev–Trinajstić information content (AvgIpc) is 2.54. The van der Waals surface area contributed by atoms with Gasteiger partial charge in [-0.25, -0.2) is 4.39 Å². The number of ether oxygens (including phenoxy) is 1. The van der Waals surface area contributed by atoms with Crippen molar-refractivity contribution in [3.63, 3.8) is 0 Å². The van der Waals surface area contributed by atoms with Gasteiger partial charge < -0.3 is 10.1 Å². The zero-order chi connectivity index (χ0) is 17.9. The van der Waals surface area contributed by atoms with Crippen LogP contribution in [0.5, 0.6) is 5.75 Å². The van der Waals surface area contributed by atoms with E-state index in [4.69, 9.17) is 16.3 Å². The topological polar surface area (TPSA) is 81.5 Å². The number of methoxy groups -OCH3 is 1. The number of nitro groups is 1. The number of benzene rings is 2. The van der Waals surface area contributed by atoms with Gasteiger partial charge in [-0.2, -0.15) is 0 Å². The molecular weight excluding hydrogens is 339 g/mol. The van der Waals surface area contributed by atoms with E-state index in [9.17, 15) is 19.3 Å². The van der Waals surface area contributed by atoms with Crippen LogP contribution in [0.4, 0.5) is 10.1 Å². The van der Waals surface area contributed by atoms with E-state index in [0.29, 0.717) is 5.56 Å². The lowest BCUT2D eigenvalue weighted by atomic mass is 10.1. The zero-order valence-electron chi connectivity index (χ0n) is 12.9. The van der Waals surface area contributed by atoms with Gasteiger partial charge in [-0.05, 0) is 30.7 Å². The third kappa shape index (κ3) is 3.80. The van der Waals surface area contributed by atoms with Gasteiger partial charge in [0.05, 0.1) is 28.7 Å². The van der Waals surface area contributed by atoms with Crippen molar-refractivity contribution in [2.45, 2.75) is 13.0 Å². The van der Waals surface area contributed by atoms with Crippen LogP contribution in [0.2, 0.25) is 5.02 Å². The smallest absolute Gasteiger partial charge is 0.270 e.